The van der Waals surface area contributed by atoms with Gasteiger partial charge in [0.1, 0.15) is 0 Å². The molecule has 3 aromatic heterocycles. The Kier molecular flexibility index (Phi) is 7.67. The lowest BCUT2D eigenvalue weighted by Crippen LogP contribution is -2.23. The Hall–Kier alpha value is -1.23. The third kappa shape index (κ3) is 5.03. The molecule has 0 fully saturated rings. The van der Waals surface area contributed by atoms with E-state index in [1.807, 2.05) is 12.1 Å². The van der Waals surface area contributed by atoms with Crippen molar-refractivity contribution in [1.82, 2.24) is 29.9 Å². The average Bonchev–Trinajstić information content (AvgIpc) is 3.39. The predicted molar refractivity (Wildman–Crippen MR) is 117 cm³/mol. The highest BCUT2D eigenvalue weighted by Gasteiger charge is 2.22. The summed E-state index contributed by atoms with van der Waals surface area (Å²) in [7, 11) is 4.17. The number of hydrogen-bond donors (Lipinski definition) is 0. The number of aromatic nitrogens is 5. The minimum absolute atomic E-state index is 0.256. The van der Waals surface area contributed by atoms with Crippen LogP contribution in [0.3, 0.4) is 0 Å². The lowest BCUT2D eigenvalue weighted by molar-refractivity contribution is 0.270. The first-order chi connectivity index (χ1) is 13.5. The Bertz CT molecular complexity index is 890. The third-order valence-corrected chi connectivity index (χ3v) is 6.93. The van der Waals surface area contributed by atoms with E-state index in [-0.39, 0.29) is 6.04 Å². The molecule has 0 aliphatic rings. The molecular weight excluding hydrogens is 460 g/mol. The second kappa shape index (κ2) is 10.00. The molecule has 0 spiro atoms. The Labute approximate surface area is 182 Å². The van der Waals surface area contributed by atoms with E-state index in [1.165, 1.54) is 0 Å². The topological polar surface area (TPSA) is 72.9 Å². The molecule has 0 saturated heterocycles. The van der Waals surface area contributed by atoms with Gasteiger partial charge in [-0.15, -0.1) is 31.7 Å². The number of hydrogen-bond acceptors (Lipinski definition) is 8. The maximum atomic E-state index is 5.82. The molecule has 0 aromatic carbocycles. The van der Waals surface area contributed by atoms with Crippen molar-refractivity contribution >= 4 is 39.0 Å². The van der Waals surface area contributed by atoms with Crippen LogP contribution in [0.25, 0.3) is 10.8 Å². The van der Waals surface area contributed by atoms with Crippen LogP contribution in [-0.4, -0.2) is 44.0 Å². The fraction of sp³-hybridized carbons (Fsp3) is 0.556. The quantitative estimate of drug-likeness (QED) is 0.363. The first kappa shape index (κ1) is 21.5. The standard InChI is InChI=1S/C18H25BrN6OS2/c1-5-7-10-25-16(12(6-2)24(3)4)21-23-18(25)27-11-15-20-22-17(26-15)13-8-9-14(19)28-13/h8-9,12H,5-7,10-11H2,1-4H3. The van der Waals surface area contributed by atoms with Crippen LogP contribution < -0.4 is 0 Å². The van der Waals surface area contributed by atoms with E-state index in [9.17, 15) is 0 Å². The zero-order valence-corrected chi connectivity index (χ0v) is 19.8. The molecule has 1 unspecified atom stereocenters. The number of thioether (sulfide) groups is 1. The first-order valence-corrected chi connectivity index (χ1v) is 11.9. The molecular formula is C18H25BrN6OS2. The Morgan fingerprint density at radius 2 is 2.04 bits per heavy atom. The molecule has 0 saturated carbocycles. The molecule has 0 N–H and O–H groups in total. The number of nitrogens with zero attached hydrogens (tertiary/aromatic N) is 6. The van der Waals surface area contributed by atoms with Gasteiger partial charge in [-0.1, -0.05) is 32.0 Å². The molecule has 3 heterocycles. The minimum atomic E-state index is 0.256. The van der Waals surface area contributed by atoms with Gasteiger partial charge < -0.3 is 8.98 Å². The number of rotatable bonds is 10. The van der Waals surface area contributed by atoms with Crippen molar-refractivity contribution in [3.05, 3.63) is 27.6 Å². The Morgan fingerprint density at radius 3 is 2.68 bits per heavy atom. The summed E-state index contributed by atoms with van der Waals surface area (Å²) < 4.78 is 9.11. The van der Waals surface area contributed by atoms with Gasteiger partial charge in [0, 0.05) is 6.54 Å². The molecule has 1 atom stereocenters. The molecule has 3 aromatic rings. The number of thiophene rings is 1. The molecule has 7 nitrogen and oxygen atoms in total. The van der Waals surface area contributed by atoms with E-state index >= 15 is 0 Å². The molecule has 0 radical (unpaired) electrons. The zero-order chi connectivity index (χ0) is 20.1. The predicted octanol–water partition coefficient (Wildman–Crippen LogP) is 5.26. The Morgan fingerprint density at radius 1 is 1.21 bits per heavy atom. The van der Waals surface area contributed by atoms with Crippen LogP contribution in [-0.2, 0) is 12.3 Å². The highest BCUT2D eigenvalue weighted by Crippen LogP contribution is 2.32. The van der Waals surface area contributed by atoms with Gasteiger partial charge in [-0.2, -0.15) is 0 Å². The third-order valence-electron chi connectivity index (χ3n) is 4.36. The normalized spacial score (nSPS) is 12.8. The van der Waals surface area contributed by atoms with Crippen LogP contribution in [0, 0.1) is 0 Å². The summed E-state index contributed by atoms with van der Waals surface area (Å²) in [6.45, 7) is 5.30. The zero-order valence-electron chi connectivity index (χ0n) is 16.6. The van der Waals surface area contributed by atoms with Gasteiger partial charge in [0.25, 0.3) is 5.89 Å². The maximum Gasteiger partial charge on any atom is 0.257 e. The van der Waals surface area contributed by atoms with Crippen molar-refractivity contribution in [3.63, 3.8) is 0 Å². The van der Waals surface area contributed by atoms with E-state index < -0.39 is 0 Å². The van der Waals surface area contributed by atoms with Crippen LogP contribution >= 0.6 is 39.0 Å². The van der Waals surface area contributed by atoms with E-state index in [2.05, 4.69) is 73.7 Å². The number of halogens is 1. The van der Waals surface area contributed by atoms with Crippen LogP contribution in [0.4, 0.5) is 0 Å². The fourth-order valence-corrected chi connectivity index (χ4v) is 5.04. The van der Waals surface area contributed by atoms with Crippen molar-refractivity contribution in [2.75, 3.05) is 14.1 Å². The summed E-state index contributed by atoms with van der Waals surface area (Å²) in [6, 6.07) is 4.20. The molecule has 0 aliphatic carbocycles. The van der Waals surface area contributed by atoms with E-state index in [1.54, 1.807) is 23.1 Å². The van der Waals surface area contributed by atoms with Gasteiger partial charge in [0.05, 0.1) is 20.5 Å². The van der Waals surface area contributed by atoms with E-state index in [0.29, 0.717) is 17.5 Å². The van der Waals surface area contributed by atoms with Crippen molar-refractivity contribution in [2.24, 2.45) is 0 Å². The molecule has 0 bridgehead atoms. The van der Waals surface area contributed by atoms with Gasteiger partial charge in [0.15, 0.2) is 11.0 Å². The van der Waals surface area contributed by atoms with Gasteiger partial charge in [0.2, 0.25) is 5.89 Å². The highest BCUT2D eigenvalue weighted by atomic mass is 79.9. The minimum Gasteiger partial charge on any atom is -0.419 e. The molecule has 3 rings (SSSR count). The summed E-state index contributed by atoms with van der Waals surface area (Å²) >= 11 is 6.63. The van der Waals surface area contributed by atoms with Crippen molar-refractivity contribution in [3.8, 4) is 10.8 Å². The van der Waals surface area contributed by atoms with Crippen LogP contribution in [0.1, 0.15) is 50.9 Å². The molecule has 10 heteroatoms. The SMILES string of the molecule is CCCCn1c(SCc2nnc(-c3ccc(Br)s3)o2)nnc1C(CC)N(C)C. The van der Waals surface area contributed by atoms with Gasteiger partial charge in [-0.3, -0.25) is 4.90 Å². The molecule has 0 aliphatic heterocycles. The van der Waals surface area contributed by atoms with Crippen LogP contribution in [0.5, 0.6) is 0 Å². The summed E-state index contributed by atoms with van der Waals surface area (Å²) in [5.74, 6) is 2.75. The van der Waals surface area contributed by atoms with E-state index in [0.717, 1.165) is 45.5 Å². The second-order valence-electron chi connectivity index (χ2n) is 6.63. The lowest BCUT2D eigenvalue weighted by atomic mass is 10.2. The van der Waals surface area contributed by atoms with Gasteiger partial charge in [-0.05, 0) is 55.0 Å². The smallest absolute Gasteiger partial charge is 0.257 e. The number of unbranched alkanes of at least 4 members (excludes halogenated alkanes) is 1. The summed E-state index contributed by atoms with van der Waals surface area (Å²) in [5, 5.41) is 18.2. The van der Waals surface area contributed by atoms with Crippen molar-refractivity contribution < 1.29 is 4.42 Å². The summed E-state index contributed by atoms with van der Waals surface area (Å²) in [6.07, 6.45) is 3.22. The second-order valence-corrected chi connectivity index (χ2v) is 10.0. The van der Waals surface area contributed by atoms with E-state index in [4.69, 9.17) is 4.42 Å². The van der Waals surface area contributed by atoms with Crippen LogP contribution in [0.2, 0.25) is 0 Å². The lowest BCUT2D eigenvalue weighted by Gasteiger charge is -2.23. The maximum absolute atomic E-state index is 5.82. The van der Waals surface area contributed by atoms with Gasteiger partial charge in [-0.25, -0.2) is 0 Å². The monoisotopic (exact) mass is 484 g/mol. The molecule has 0 amide bonds. The fourth-order valence-electron chi connectivity index (χ4n) is 2.93. The summed E-state index contributed by atoms with van der Waals surface area (Å²) in [4.78, 5) is 3.16. The van der Waals surface area contributed by atoms with Crippen molar-refractivity contribution in [2.45, 2.75) is 56.6 Å². The largest absolute Gasteiger partial charge is 0.419 e. The van der Waals surface area contributed by atoms with Crippen molar-refractivity contribution in [1.29, 1.82) is 0 Å². The molecule has 152 valence electrons. The highest BCUT2D eigenvalue weighted by molar-refractivity contribution is 9.11. The van der Waals surface area contributed by atoms with Gasteiger partial charge >= 0.3 is 0 Å². The Balaban J connectivity index is 1.75. The average molecular weight is 485 g/mol. The first-order valence-electron chi connectivity index (χ1n) is 9.33. The van der Waals surface area contributed by atoms with Crippen LogP contribution in [0.15, 0.2) is 25.5 Å². The molecule has 28 heavy (non-hydrogen) atoms. The summed E-state index contributed by atoms with van der Waals surface area (Å²) in [5.41, 5.74) is 0.